The van der Waals surface area contributed by atoms with Gasteiger partial charge in [-0.2, -0.15) is 0 Å². The van der Waals surface area contributed by atoms with Gasteiger partial charge in [0.25, 0.3) is 0 Å². The molecule has 4 rings (SSSR count). The van der Waals surface area contributed by atoms with Crippen molar-refractivity contribution >= 4 is 39.1 Å². The predicted octanol–water partition coefficient (Wildman–Crippen LogP) is 5.21. The Morgan fingerprint density at radius 2 is 1.64 bits per heavy atom. The molecule has 0 saturated heterocycles. The minimum absolute atomic E-state index is 0.000934. The van der Waals surface area contributed by atoms with E-state index in [4.69, 9.17) is 21.1 Å². The maximum atomic E-state index is 14.4. The van der Waals surface area contributed by atoms with E-state index in [2.05, 4.69) is 5.32 Å². The summed E-state index contributed by atoms with van der Waals surface area (Å²) < 4.78 is 38.1. The molecule has 1 N–H and O–H groups in total. The molecule has 2 amide bonds. The van der Waals surface area contributed by atoms with Crippen molar-refractivity contribution in [3.63, 3.8) is 0 Å². The molecule has 0 unspecified atom stereocenters. The molecule has 44 heavy (non-hydrogen) atoms. The first-order chi connectivity index (χ1) is 21.1. The number of nitrogens with zero attached hydrogens (tertiary/aromatic N) is 2. The van der Waals surface area contributed by atoms with E-state index in [1.54, 1.807) is 30.3 Å². The highest BCUT2D eigenvalue weighted by atomic mass is 35.5. The summed E-state index contributed by atoms with van der Waals surface area (Å²) in [5.41, 5.74) is 1.64. The maximum Gasteiger partial charge on any atom is 0.244 e. The number of anilines is 1. The minimum atomic E-state index is -3.99. The molecule has 1 aliphatic carbocycles. The largest absolute Gasteiger partial charge is 0.497 e. The van der Waals surface area contributed by atoms with Crippen molar-refractivity contribution in [3.8, 4) is 11.5 Å². The Balaban J connectivity index is 1.77. The molecule has 1 fully saturated rings. The Labute approximate surface area is 265 Å². The van der Waals surface area contributed by atoms with Gasteiger partial charge in [0.05, 0.1) is 26.2 Å². The molecular formula is C33H40ClN3O6S. The maximum absolute atomic E-state index is 14.4. The van der Waals surface area contributed by atoms with Crippen LogP contribution in [-0.4, -0.2) is 64.2 Å². The number of amides is 2. The van der Waals surface area contributed by atoms with Crippen LogP contribution in [0.25, 0.3) is 0 Å². The number of ether oxygens (including phenoxy) is 2. The molecule has 0 aromatic heterocycles. The Morgan fingerprint density at radius 1 is 0.955 bits per heavy atom. The number of methoxy groups -OCH3 is 2. The molecule has 1 aliphatic rings. The van der Waals surface area contributed by atoms with Crippen LogP contribution in [0.15, 0.2) is 72.8 Å². The molecule has 0 spiro atoms. The number of carbonyl (C=O) groups excluding carboxylic acids is 2. The lowest BCUT2D eigenvalue weighted by atomic mass is 9.94. The van der Waals surface area contributed by atoms with Gasteiger partial charge in [-0.3, -0.25) is 13.9 Å². The molecule has 1 atom stereocenters. The van der Waals surface area contributed by atoms with Gasteiger partial charge in [-0.1, -0.05) is 79.4 Å². The monoisotopic (exact) mass is 641 g/mol. The Bertz CT molecular complexity index is 1530. The van der Waals surface area contributed by atoms with E-state index in [-0.39, 0.29) is 36.4 Å². The number of rotatable bonds is 13. The van der Waals surface area contributed by atoms with Gasteiger partial charge >= 0.3 is 0 Å². The van der Waals surface area contributed by atoms with Gasteiger partial charge in [0.15, 0.2) is 0 Å². The van der Waals surface area contributed by atoms with Crippen LogP contribution in [0.2, 0.25) is 5.02 Å². The Morgan fingerprint density at radius 3 is 2.27 bits per heavy atom. The molecule has 0 heterocycles. The van der Waals surface area contributed by atoms with Crippen LogP contribution in [0.3, 0.4) is 0 Å². The number of nitrogens with one attached hydrogen (secondary N) is 1. The van der Waals surface area contributed by atoms with Gasteiger partial charge in [0, 0.05) is 30.1 Å². The van der Waals surface area contributed by atoms with E-state index in [9.17, 15) is 18.0 Å². The van der Waals surface area contributed by atoms with Crippen molar-refractivity contribution in [1.82, 2.24) is 10.2 Å². The molecule has 236 valence electrons. The lowest BCUT2D eigenvalue weighted by Gasteiger charge is -2.35. The van der Waals surface area contributed by atoms with Crippen molar-refractivity contribution in [3.05, 3.63) is 88.9 Å². The fraction of sp³-hybridized carbons (Fsp3) is 0.394. The number of carbonyl (C=O) groups is 2. The Kier molecular flexibility index (Phi) is 11.5. The van der Waals surface area contributed by atoms with Gasteiger partial charge in [-0.15, -0.1) is 0 Å². The quantitative estimate of drug-likeness (QED) is 0.275. The average Bonchev–Trinajstić information content (AvgIpc) is 3.02. The molecular weight excluding hydrogens is 602 g/mol. The van der Waals surface area contributed by atoms with Gasteiger partial charge in [0.1, 0.15) is 24.1 Å². The van der Waals surface area contributed by atoms with Gasteiger partial charge in [-0.25, -0.2) is 8.42 Å². The lowest BCUT2D eigenvalue weighted by molar-refractivity contribution is -0.140. The summed E-state index contributed by atoms with van der Waals surface area (Å²) in [7, 11) is -1.11. The average molecular weight is 642 g/mol. The molecule has 11 heteroatoms. The molecule has 0 bridgehead atoms. The summed E-state index contributed by atoms with van der Waals surface area (Å²) in [6.07, 6.45) is 6.20. The first-order valence-electron chi connectivity index (χ1n) is 14.7. The smallest absolute Gasteiger partial charge is 0.244 e. The fourth-order valence-corrected chi connectivity index (χ4v) is 6.54. The van der Waals surface area contributed by atoms with Crippen LogP contribution >= 0.6 is 11.6 Å². The SMILES string of the molecule is COc1ccc(OC)c(N(CC(=O)N(Cc2ccccc2Cl)[C@H](Cc2ccccc2)C(=O)NC2CCCCC2)S(C)(=O)=O)c1. The van der Waals surface area contributed by atoms with Crippen LogP contribution in [0.5, 0.6) is 11.5 Å². The number of hydrogen-bond donors (Lipinski definition) is 1. The van der Waals surface area contributed by atoms with Crippen molar-refractivity contribution in [2.45, 2.75) is 57.2 Å². The number of benzene rings is 3. The van der Waals surface area contributed by atoms with Gasteiger partial charge in [-0.05, 0) is 42.2 Å². The molecule has 3 aromatic rings. The fourth-order valence-electron chi connectivity index (χ4n) is 5.49. The molecule has 0 aliphatic heterocycles. The standard InChI is InChI=1S/C33H40ClN3O6S/c1-42-27-18-19-31(43-2)29(21-27)37(44(3,40)41)23-32(38)36(22-25-14-10-11-17-28(25)34)30(20-24-12-6-4-7-13-24)33(39)35-26-15-8-5-9-16-26/h4,6-7,10-14,17-19,21,26,30H,5,8-9,15-16,20,22-23H2,1-3H3,(H,35,39)/t30-/m1/s1. The highest BCUT2D eigenvalue weighted by Crippen LogP contribution is 2.34. The second-order valence-corrected chi connectivity index (χ2v) is 13.3. The highest BCUT2D eigenvalue weighted by Gasteiger charge is 2.35. The zero-order valence-electron chi connectivity index (χ0n) is 25.4. The van der Waals surface area contributed by atoms with Crippen LogP contribution < -0.4 is 19.1 Å². The lowest BCUT2D eigenvalue weighted by Crippen LogP contribution is -2.55. The van der Waals surface area contributed by atoms with Crippen molar-refractivity contribution in [2.75, 3.05) is 31.3 Å². The molecule has 1 saturated carbocycles. The second-order valence-electron chi connectivity index (χ2n) is 11.0. The predicted molar refractivity (Wildman–Crippen MR) is 173 cm³/mol. The summed E-state index contributed by atoms with van der Waals surface area (Å²) in [4.78, 5) is 29.9. The number of halogens is 1. The summed E-state index contributed by atoms with van der Waals surface area (Å²) >= 11 is 6.55. The zero-order valence-corrected chi connectivity index (χ0v) is 26.9. The first-order valence-corrected chi connectivity index (χ1v) is 16.9. The third-order valence-corrected chi connectivity index (χ3v) is 9.35. The van der Waals surface area contributed by atoms with Gasteiger partial charge < -0.3 is 19.7 Å². The van der Waals surface area contributed by atoms with Gasteiger partial charge in [0.2, 0.25) is 21.8 Å². The summed E-state index contributed by atoms with van der Waals surface area (Å²) in [6, 6.07) is 20.4. The molecule has 0 radical (unpaired) electrons. The zero-order chi connectivity index (χ0) is 31.7. The summed E-state index contributed by atoms with van der Waals surface area (Å²) in [5, 5.41) is 3.63. The minimum Gasteiger partial charge on any atom is -0.497 e. The second kappa shape index (κ2) is 15.3. The van der Waals surface area contributed by atoms with Crippen molar-refractivity contribution < 1.29 is 27.5 Å². The van der Waals surface area contributed by atoms with E-state index in [1.807, 2.05) is 36.4 Å². The molecule has 9 nitrogen and oxygen atoms in total. The van der Waals surface area contributed by atoms with E-state index >= 15 is 0 Å². The Hall–Kier alpha value is -3.76. The first kappa shape index (κ1) is 33.1. The highest BCUT2D eigenvalue weighted by molar-refractivity contribution is 7.92. The summed E-state index contributed by atoms with van der Waals surface area (Å²) in [6.45, 7) is -0.574. The normalized spacial score (nSPS) is 14.4. The van der Waals surface area contributed by atoms with Crippen molar-refractivity contribution in [1.29, 1.82) is 0 Å². The van der Waals surface area contributed by atoms with Crippen LogP contribution in [0, 0.1) is 0 Å². The number of sulfonamides is 1. The summed E-state index contributed by atoms with van der Waals surface area (Å²) in [5.74, 6) is -0.216. The third-order valence-electron chi connectivity index (χ3n) is 7.86. The topological polar surface area (TPSA) is 105 Å². The van der Waals surface area contributed by atoms with Crippen LogP contribution in [0.1, 0.15) is 43.2 Å². The van der Waals surface area contributed by atoms with E-state index < -0.39 is 28.5 Å². The van der Waals surface area contributed by atoms with Crippen LogP contribution in [-0.2, 0) is 32.6 Å². The van der Waals surface area contributed by atoms with Crippen molar-refractivity contribution in [2.24, 2.45) is 0 Å². The van der Waals surface area contributed by atoms with Crippen LogP contribution in [0.4, 0.5) is 5.69 Å². The van der Waals surface area contributed by atoms with E-state index in [1.165, 1.54) is 25.2 Å². The third kappa shape index (κ3) is 8.66. The van der Waals surface area contributed by atoms with E-state index in [0.717, 1.165) is 48.2 Å². The number of hydrogen-bond acceptors (Lipinski definition) is 6. The van der Waals surface area contributed by atoms with E-state index in [0.29, 0.717) is 16.3 Å². The molecule has 3 aromatic carbocycles.